The van der Waals surface area contributed by atoms with Gasteiger partial charge in [0.2, 0.25) is 5.88 Å². The van der Waals surface area contributed by atoms with Gasteiger partial charge in [0.05, 0.1) is 29.5 Å². The molecule has 29 heavy (non-hydrogen) atoms. The Morgan fingerprint density at radius 1 is 1.38 bits per heavy atom. The fraction of sp³-hybridized carbons (Fsp3) is 0.286. The number of benzene rings is 1. The molecule has 0 fully saturated rings. The minimum Gasteiger partial charge on any atom is -0.463 e. The van der Waals surface area contributed by atoms with Crippen LogP contribution in [0.15, 0.2) is 41.0 Å². The largest absolute Gasteiger partial charge is 0.463 e. The van der Waals surface area contributed by atoms with Crippen LogP contribution >= 0.6 is 23.2 Å². The van der Waals surface area contributed by atoms with Gasteiger partial charge in [-0.3, -0.25) is 0 Å². The van der Waals surface area contributed by atoms with E-state index in [1.807, 2.05) is 38.1 Å². The van der Waals surface area contributed by atoms with E-state index in [0.717, 1.165) is 22.0 Å². The van der Waals surface area contributed by atoms with E-state index in [-0.39, 0.29) is 40.4 Å². The molecule has 0 bridgehead atoms. The van der Waals surface area contributed by atoms with Gasteiger partial charge in [-0.05, 0) is 38.5 Å². The molecule has 2 heterocycles. The number of nitrogens with two attached hydrogens (primary N) is 1. The number of nitrogens with zero attached hydrogens (tertiary/aromatic N) is 2. The molecule has 2 N–H and O–H groups in total. The van der Waals surface area contributed by atoms with Crippen molar-refractivity contribution < 1.29 is 14.3 Å². The van der Waals surface area contributed by atoms with Crippen LogP contribution < -0.4 is 5.73 Å². The van der Waals surface area contributed by atoms with E-state index in [4.69, 9.17) is 38.4 Å². The molecule has 1 atom stereocenters. The standard InChI is InChI=1S/C21H19Cl2N3O3/c1-4-28-21(27)17-15(8-22)29-20(25)14(9-24)16(17)13-7-12-6-10(2)5-11(3)18(12)26-19(13)23/h5-7,16H,4,8,25H2,1-3H3/t16-/m0/s1. The first-order valence-electron chi connectivity index (χ1n) is 8.93. The molecule has 1 aromatic carbocycles. The van der Waals surface area contributed by atoms with E-state index in [1.54, 1.807) is 6.92 Å². The number of aromatic nitrogens is 1. The number of halogens is 2. The first kappa shape index (κ1) is 21.0. The van der Waals surface area contributed by atoms with Crippen molar-refractivity contribution in [1.29, 1.82) is 5.26 Å². The normalized spacial score (nSPS) is 16.6. The number of carbonyl (C=O) groups is 1. The molecule has 0 aliphatic carbocycles. The Bertz CT molecular complexity index is 1120. The summed E-state index contributed by atoms with van der Waals surface area (Å²) in [5.74, 6) is -1.67. The molecule has 150 valence electrons. The van der Waals surface area contributed by atoms with Crippen molar-refractivity contribution in [3.8, 4) is 6.07 Å². The minimum atomic E-state index is -0.897. The molecule has 0 saturated carbocycles. The first-order chi connectivity index (χ1) is 13.8. The van der Waals surface area contributed by atoms with E-state index < -0.39 is 11.9 Å². The summed E-state index contributed by atoms with van der Waals surface area (Å²) in [6.45, 7) is 5.75. The quantitative estimate of drug-likeness (QED) is 0.438. The number of nitriles is 1. The molecule has 2 aromatic rings. The summed E-state index contributed by atoms with van der Waals surface area (Å²) in [6.07, 6.45) is 0. The highest BCUT2D eigenvalue weighted by atomic mass is 35.5. The SMILES string of the molecule is CCOC(=O)C1=C(CCl)OC(N)=C(C#N)[C@@H]1c1cc2cc(C)cc(C)c2nc1Cl. The number of hydrogen-bond acceptors (Lipinski definition) is 6. The monoisotopic (exact) mass is 431 g/mol. The Hall–Kier alpha value is -2.75. The predicted molar refractivity (Wildman–Crippen MR) is 111 cm³/mol. The molecule has 1 aliphatic rings. The van der Waals surface area contributed by atoms with Gasteiger partial charge in [0.15, 0.2) is 0 Å². The summed E-state index contributed by atoms with van der Waals surface area (Å²) in [7, 11) is 0. The average Bonchev–Trinajstić information content (AvgIpc) is 2.67. The molecule has 6 nitrogen and oxygen atoms in total. The fourth-order valence-corrected chi connectivity index (χ4v) is 3.96. The lowest BCUT2D eigenvalue weighted by Crippen LogP contribution is -2.27. The summed E-state index contributed by atoms with van der Waals surface area (Å²) in [6, 6.07) is 7.82. The van der Waals surface area contributed by atoms with Gasteiger partial charge in [0.1, 0.15) is 22.6 Å². The lowest BCUT2D eigenvalue weighted by molar-refractivity contribution is -0.139. The van der Waals surface area contributed by atoms with Gasteiger partial charge in [-0.25, -0.2) is 9.78 Å². The number of alkyl halides is 1. The third kappa shape index (κ3) is 3.76. The summed E-state index contributed by atoms with van der Waals surface area (Å²) >= 11 is 12.5. The lowest BCUT2D eigenvalue weighted by Gasteiger charge is -2.28. The second-order valence-corrected chi connectivity index (χ2v) is 7.26. The zero-order valence-corrected chi connectivity index (χ0v) is 17.7. The Balaban J connectivity index is 2.32. The topological polar surface area (TPSA) is 98.2 Å². The molecule has 0 radical (unpaired) electrons. The smallest absolute Gasteiger partial charge is 0.338 e. The minimum absolute atomic E-state index is 0.0503. The van der Waals surface area contributed by atoms with Crippen LogP contribution in [0.4, 0.5) is 0 Å². The molecule has 1 aliphatic heterocycles. The van der Waals surface area contributed by atoms with E-state index in [1.165, 1.54) is 0 Å². The number of pyridine rings is 1. The van der Waals surface area contributed by atoms with E-state index >= 15 is 0 Å². The Morgan fingerprint density at radius 3 is 2.72 bits per heavy atom. The van der Waals surface area contributed by atoms with Crippen LogP contribution in [0, 0.1) is 25.2 Å². The maximum Gasteiger partial charge on any atom is 0.338 e. The molecule has 3 rings (SSSR count). The Labute approximate surface area is 178 Å². The van der Waals surface area contributed by atoms with Crippen molar-refractivity contribution in [2.24, 2.45) is 5.73 Å². The molecule has 0 saturated heterocycles. The number of rotatable bonds is 4. The van der Waals surface area contributed by atoms with E-state index in [9.17, 15) is 10.1 Å². The van der Waals surface area contributed by atoms with Crippen LogP contribution in [0.3, 0.4) is 0 Å². The van der Waals surface area contributed by atoms with Crippen LogP contribution in [0.25, 0.3) is 10.9 Å². The van der Waals surface area contributed by atoms with Crippen molar-refractivity contribution >= 4 is 40.1 Å². The summed E-state index contributed by atoms with van der Waals surface area (Å²) in [5.41, 5.74) is 9.32. The van der Waals surface area contributed by atoms with Crippen molar-refractivity contribution in [3.63, 3.8) is 0 Å². The fourth-order valence-electron chi connectivity index (χ4n) is 3.51. The van der Waals surface area contributed by atoms with Crippen molar-refractivity contribution in [1.82, 2.24) is 4.98 Å². The number of allylic oxidation sites excluding steroid dienone is 2. The van der Waals surface area contributed by atoms with Crippen LogP contribution in [-0.2, 0) is 14.3 Å². The maximum atomic E-state index is 12.7. The third-order valence-electron chi connectivity index (χ3n) is 4.66. The molecular weight excluding hydrogens is 413 g/mol. The molecule has 8 heteroatoms. The lowest BCUT2D eigenvalue weighted by atomic mass is 9.83. The van der Waals surface area contributed by atoms with Crippen LogP contribution in [0.5, 0.6) is 0 Å². The number of carbonyl (C=O) groups excluding carboxylic acids is 1. The van der Waals surface area contributed by atoms with Crippen molar-refractivity contribution in [2.45, 2.75) is 26.7 Å². The summed E-state index contributed by atoms with van der Waals surface area (Å²) < 4.78 is 10.6. The second kappa shape index (κ2) is 8.32. The van der Waals surface area contributed by atoms with Crippen LogP contribution in [-0.4, -0.2) is 23.4 Å². The van der Waals surface area contributed by atoms with Crippen LogP contribution in [0.2, 0.25) is 5.15 Å². The third-order valence-corrected chi connectivity index (χ3v) is 5.20. The van der Waals surface area contributed by atoms with Crippen LogP contribution in [0.1, 0.15) is 29.5 Å². The summed E-state index contributed by atoms with van der Waals surface area (Å²) in [5, 5.41) is 10.7. The first-order valence-corrected chi connectivity index (χ1v) is 9.84. The van der Waals surface area contributed by atoms with Gasteiger partial charge in [-0.15, -0.1) is 11.6 Å². The molecular formula is C21H19Cl2N3O3. The zero-order chi connectivity index (χ0) is 21.3. The number of fused-ring (bicyclic) bond motifs is 1. The highest BCUT2D eigenvalue weighted by molar-refractivity contribution is 6.31. The molecule has 1 aromatic heterocycles. The number of aryl methyl sites for hydroxylation is 2. The van der Waals surface area contributed by atoms with E-state index in [2.05, 4.69) is 4.98 Å². The highest BCUT2D eigenvalue weighted by Gasteiger charge is 2.38. The number of hydrogen-bond donors (Lipinski definition) is 1. The highest BCUT2D eigenvalue weighted by Crippen LogP contribution is 2.43. The molecule has 0 amide bonds. The van der Waals surface area contributed by atoms with Crippen molar-refractivity contribution in [3.05, 3.63) is 62.8 Å². The predicted octanol–water partition coefficient (Wildman–Crippen LogP) is 4.37. The molecule has 0 unspecified atom stereocenters. The average molecular weight is 432 g/mol. The number of esters is 1. The second-order valence-electron chi connectivity index (χ2n) is 6.64. The number of ether oxygens (including phenoxy) is 2. The van der Waals surface area contributed by atoms with E-state index in [0.29, 0.717) is 5.56 Å². The molecule has 0 spiro atoms. The zero-order valence-electron chi connectivity index (χ0n) is 16.2. The van der Waals surface area contributed by atoms with Gasteiger partial charge in [-0.2, -0.15) is 5.26 Å². The summed E-state index contributed by atoms with van der Waals surface area (Å²) in [4.78, 5) is 17.3. The van der Waals surface area contributed by atoms with Gasteiger partial charge < -0.3 is 15.2 Å². The maximum absolute atomic E-state index is 12.7. The Morgan fingerprint density at radius 2 is 2.10 bits per heavy atom. The van der Waals surface area contributed by atoms with Gasteiger partial charge in [0.25, 0.3) is 0 Å². The Kier molecular flexibility index (Phi) is 6.02. The van der Waals surface area contributed by atoms with Gasteiger partial charge >= 0.3 is 5.97 Å². The van der Waals surface area contributed by atoms with Gasteiger partial charge in [-0.1, -0.05) is 23.2 Å². The van der Waals surface area contributed by atoms with Crippen molar-refractivity contribution in [2.75, 3.05) is 12.5 Å². The van der Waals surface area contributed by atoms with Gasteiger partial charge in [0, 0.05) is 10.9 Å².